The van der Waals surface area contributed by atoms with Gasteiger partial charge in [-0.25, -0.2) is 17.2 Å². The average molecular weight is 356 g/mol. The molecule has 0 radical (unpaired) electrons. The first-order valence-corrected chi connectivity index (χ1v) is 8.17. The summed E-state index contributed by atoms with van der Waals surface area (Å²) < 4.78 is 51.5. The Bertz CT molecular complexity index is 1070. The summed E-state index contributed by atoms with van der Waals surface area (Å²) in [4.78, 5) is 13.8. The van der Waals surface area contributed by atoms with Crippen molar-refractivity contribution in [3.8, 4) is 0 Å². The molecule has 23 heavy (non-hydrogen) atoms. The molecule has 0 atom stereocenters. The van der Waals surface area contributed by atoms with Crippen LogP contribution < -0.4 is 5.43 Å². The number of aromatic nitrogens is 1. The molecule has 0 aliphatic rings. The summed E-state index contributed by atoms with van der Waals surface area (Å²) >= 11 is 5.81. The van der Waals surface area contributed by atoms with Crippen molar-refractivity contribution in [1.82, 2.24) is 4.98 Å². The van der Waals surface area contributed by atoms with Gasteiger partial charge in [-0.2, -0.15) is 0 Å². The first-order valence-electron chi connectivity index (χ1n) is 6.31. The van der Waals surface area contributed by atoms with E-state index in [1.54, 1.807) is 0 Å². The number of aromatic amines is 1. The van der Waals surface area contributed by atoms with E-state index in [-0.39, 0.29) is 5.39 Å². The van der Waals surface area contributed by atoms with Crippen LogP contribution in [-0.2, 0) is 9.84 Å². The zero-order valence-electron chi connectivity index (χ0n) is 11.3. The molecule has 1 aromatic heterocycles. The SMILES string of the molecule is O=c1c(S(=O)(=O)c2cc(F)cc(F)c2)c[nH]c2cc(Cl)ccc12. The van der Waals surface area contributed by atoms with E-state index in [4.69, 9.17) is 11.6 Å². The number of hydrogen-bond donors (Lipinski definition) is 1. The Kier molecular flexibility index (Phi) is 3.69. The fourth-order valence-corrected chi connectivity index (χ4v) is 3.72. The number of benzene rings is 2. The normalized spacial score (nSPS) is 11.8. The number of hydrogen-bond acceptors (Lipinski definition) is 3. The van der Waals surface area contributed by atoms with Crippen LogP contribution in [0.1, 0.15) is 0 Å². The molecular formula is C15H8ClF2NO3S. The molecule has 0 saturated carbocycles. The Morgan fingerprint density at radius 2 is 1.65 bits per heavy atom. The van der Waals surface area contributed by atoms with Crippen LogP contribution in [0.4, 0.5) is 8.78 Å². The maximum Gasteiger partial charge on any atom is 0.212 e. The molecule has 0 amide bonds. The zero-order chi connectivity index (χ0) is 16.8. The largest absolute Gasteiger partial charge is 0.360 e. The first kappa shape index (κ1) is 15.6. The average Bonchev–Trinajstić information content (AvgIpc) is 2.46. The summed E-state index contributed by atoms with van der Waals surface area (Å²) in [6.07, 6.45) is 0.985. The molecule has 0 saturated heterocycles. The number of pyridine rings is 1. The van der Waals surface area contributed by atoms with Crippen molar-refractivity contribution in [2.45, 2.75) is 9.79 Å². The Balaban J connectivity index is 2.29. The van der Waals surface area contributed by atoms with Crippen LogP contribution in [0.2, 0.25) is 5.02 Å². The summed E-state index contributed by atoms with van der Waals surface area (Å²) in [6, 6.07) is 6.15. The van der Waals surface area contributed by atoms with Crippen molar-refractivity contribution in [3.63, 3.8) is 0 Å². The number of nitrogens with one attached hydrogen (secondary N) is 1. The topological polar surface area (TPSA) is 67.0 Å². The lowest BCUT2D eigenvalue weighted by Gasteiger charge is -2.06. The highest BCUT2D eigenvalue weighted by Crippen LogP contribution is 2.22. The van der Waals surface area contributed by atoms with Gasteiger partial charge in [0.05, 0.1) is 10.4 Å². The Labute approximate surface area is 134 Å². The standard InChI is InChI=1S/C15H8ClF2NO3S/c16-8-1-2-12-13(3-8)19-7-14(15(12)20)23(21,22)11-5-9(17)4-10(18)6-11/h1-7H,(H,19,20). The molecule has 2 aromatic carbocycles. The van der Waals surface area contributed by atoms with Gasteiger partial charge in [-0.1, -0.05) is 11.6 Å². The minimum atomic E-state index is -4.37. The Morgan fingerprint density at radius 1 is 1.00 bits per heavy atom. The van der Waals surface area contributed by atoms with Gasteiger partial charge >= 0.3 is 0 Å². The van der Waals surface area contributed by atoms with Crippen molar-refractivity contribution in [3.05, 3.63) is 69.5 Å². The monoisotopic (exact) mass is 355 g/mol. The Morgan fingerprint density at radius 3 is 2.30 bits per heavy atom. The van der Waals surface area contributed by atoms with Gasteiger partial charge in [0.25, 0.3) is 0 Å². The molecule has 118 valence electrons. The summed E-state index contributed by atoms with van der Waals surface area (Å²) in [5.74, 6) is -2.10. The lowest BCUT2D eigenvalue weighted by atomic mass is 10.2. The second-order valence-electron chi connectivity index (χ2n) is 4.78. The second kappa shape index (κ2) is 5.43. The van der Waals surface area contributed by atoms with Gasteiger partial charge in [0.2, 0.25) is 15.3 Å². The molecular weight excluding hydrogens is 348 g/mol. The maximum absolute atomic E-state index is 13.3. The second-order valence-corrected chi connectivity index (χ2v) is 7.14. The van der Waals surface area contributed by atoms with Crippen LogP contribution in [-0.4, -0.2) is 13.4 Å². The highest BCUT2D eigenvalue weighted by molar-refractivity contribution is 7.91. The summed E-state index contributed by atoms with van der Waals surface area (Å²) in [5.41, 5.74) is -0.424. The van der Waals surface area contributed by atoms with Crippen LogP contribution in [0.25, 0.3) is 10.9 Å². The number of fused-ring (bicyclic) bond motifs is 1. The third-order valence-electron chi connectivity index (χ3n) is 3.24. The van der Waals surface area contributed by atoms with Crippen molar-refractivity contribution in [2.24, 2.45) is 0 Å². The van der Waals surface area contributed by atoms with Crippen LogP contribution in [0.15, 0.2) is 57.2 Å². The van der Waals surface area contributed by atoms with E-state index >= 15 is 0 Å². The quantitative estimate of drug-likeness (QED) is 0.767. The molecule has 0 aliphatic heterocycles. The van der Waals surface area contributed by atoms with Gasteiger partial charge in [0, 0.05) is 22.7 Å². The van der Waals surface area contributed by atoms with Crippen LogP contribution >= 0.6 is 11.6 Å². The predicted octanol–water partition coefficient (Wildman–Crippen LogP) is 3.29. The lowest BCUT2D eigenvalue weighted by Crippen LogP contribution is -2.16. The smallest absolute Gasteiger partial charge is 0.212 e. The third kappa shape index (κ3) is 2.73. The molecule has 0 bridgehead atoms. The summed E-state index contributed by atoms with van der Waals surface area (Å²) in [5, 5.41) is 0.475. The number of rotatable bonds is 2. The molecule has 0 aliphatic carbocycles. The van der Waals surface area contributed by atoms with Crippen LogP contribution in [0.3, 0.4) is 0 Å². The van der Waals surface area contributed by atoms with E-state index in [0.29, 0.717) is 28.7 Å². The lowest BCUT2D eigenvalue weighted by molar-refractivity contribution is 0.567. The molecule has 0 unspecified atom stereocenters. The highest BCUT2D eigenvalue weighted by atomic mass is 35.5. The van der Waals surface area contributed by atoms with E-state index in [1.165, 1.54) is 18.2 Å². The van der Waals surface area contributed by atoms with Gasteiger partial charge in [0.1, 0.15) is 16.5 Å². The number of H-pyrrole nitrogens is 1. The predicted molar refractivity (Wildman–Crippen MR) is 81.4 cm³/mol. The van der Waals surface area contributed by atoms with E-state index in [9.17, 15) is 22.0 Å². The molecule has 0 fully saturated rings. The number of sulfone groups is 1. The van der Waals surface area contributed by atoms with Gasteiger partial charge < -0.3 is 4.98 Å². The van der Waals surface area contributed by atoms with E-state index in [1.807, 2.05) is 0 Å². The van der Waals surface area contributed by atoms with Crippen LogP contribution in [0, 0.1) is 11.6 Å². The van der Waals surface area contributed by atoms with E-state index in [2.05, 4.69) is 4.98 Å². The van der Waals surface area contributed by atoms with Crippen molar-refractivity contribution in [1.29, 1.82) is 0 Å². The molecule has 8 heteroatoms. The third-order valence-corrected chi connectivity index (χ3v) is 5.22. The summed E-state index contributed by atoms with van der Waals surface area (Å²) in [6.45, 7) is 0. The molecule has 0 spiro atoms. The van der Waals surface area contributed by atoms with E-state index in [0.717, 1.165) is 6.20 Å². The van der Waals surface area contributed by atoms with Crippen LogP contribution in [0.5, 0.6) is 0 Å². The maximum atomic E-state index is 13.3. The molecule has 1 N–H and O–H groups in total. The fourth-order valence-electron chi connectivity index (χ4n) is 2.19. The highest BCUT2D eigenvalue weighted by Gasteiger charge is 2.24. The molecule has 3 aromatic rings. The van der Waals surface area contributed by atoms with Crippen molar-refractivity contribution < 1.29 is 17.2 Å². The van der Waals surface area contributed by atoms with Gasteiger partial charge in [-0.05, 0) is 30.3 Å². The zero-order valence-corrected chi connectivity index (χ0v) is 12.9. The minimum absolute atomic E-state index is 0.104. The van der Waals surface area contributed by atoms with Gasteiger partial charge in [-0.3, -0.25) is 4.79 Å². The van der Waals surface area contributed by atoms with Crippen molar-refractivity contribution in [2.75, 3.05) is 0 Å². The first-order chi connectivity index (χ1) is 10.8. The minimum Gasteiger partial charge on any atom is -0.360 e. The van der Waals surface area contributed by atoms with Gasteiger partial charge in [0.15, 0.2) is 0 Å². The van der Waals surface area contributed by atoms with Crippen molar-refractivity contribution >= 4 is 32.3 Å². The number of halogens is 3. The molecule has 3 rings (SSSR count). The van der Waals surface area contributed by atoms with E-state index < -0.39 is 36.7 Å². The van der Waals surface area contributed by atoms with Gasteiger partial charge in [-0.15, -0.1) is 0 Å². The Hall–Kier alpha value is -2.25. The molecule has 4 nitrogen and oxygen atoms in total. The molecule has 1 heterocycles. The fraction of sp³-hybridized carbons (Fsp3) is 0. The summed E-state index contributed by atoms with van der Waals surface area (Å²) in [7, 11) is -4.37.